The molecule has 0 aromatic rings. The fourth-order valence-electron chi connectivity index (χ4n) is 3.56. The maximum atomic E-state index is 6.20. The van der Waals surface area contributed by atoms with Crippen LogP contribution in [0.15, 0.2) is 0 Å². The summed E-state index contributed by atoms with van der Waals surface area (Å²) in [7, 11) is 0. The third kappa shape index (κ3) is 3.46. The SMILES string of the molecule is CCCC1CC(N2CCC(N)C(CC)C2)CCO1. The quantitative estimate of drug-likeness (QED) is 0.837. The van der Waals surface area contributed by atoms with Crippen molar-refractivity contribution in [2.45, 2.75) is 70.6 Å². The summed E-state index contributed by atoms with van der Waals surface area (Å²) in [5.74, 6) is 0.700. The van der Waals surface area contributed by atoms with Crippen LogP contribution in [0.25, 0.3) is 0 Å². The molecule has 0 radical (unpaired) electrons. The van der Waals surface area contributed by atoms with Crippen LogP contribution in [0.2, 0.25) is 0 Å². The molecule has 106 valence electrons. The summed E-state index contributed by atoms with van der Waals surface area (Å²) in [4.78, 5) is 2.70. The van der Waals surface area contributed by atoms with Crippen molar-refractivity contribution in [2.75, 3.05) is 19.7 Å². The largest absolute Gasteiger partial charge is 0.378 e. The van der Waals surface area contributed by atoms with Crippen LogP contribution in [-0.4, -0.2) is 42.8 Å². The van der Waals surface area contributed by atoms with Crippen LogP contribution >= 0.6 is 0 Å². The molecule has 0 bridgehead atoms. The molecular weight excluding hydrogens is 224 g/mol. The summed E-state index contributed by atoms with van der Waals surface area (Å²) >= 11 is 0. The first kappa shape index (κ1) is 14.3. The number of nitrogens with zero attached hydrogens (tertiary/aromatic N) is 1. The molecule has 0 saturated carbocycles. The fourth-order valence-corrected chi connectivity index (χ4v) is 3.56. The molecule has 2 saturated heterocycles. The molecule has 4 unspecified atom stereocenters. The standard InChI is InChI=1S/C15H30N2O/c1-3-5-14-10-13(7-9-18-14)17-8-6-15(16)12(4-2)11-17/h12-15H,3-11,16H2,1-2H3. The first-order valence-electron chi connectivity index (χ1n) is 7.85. The van der Waals surface area contributed by atoms with E-state index in [1.54, 1.807) is 0 Å². The average molecular weight is 254 g/mol. The Bertz CT molecular complexity index is 245. The van der Waals surface area contributed by atoms with Gasteiger partial charge >= 0.3 is 0 Å². The Morgan fingerprint density at radius 1 is 1.28 bits per heavy atom. The second-order valence-corrected chi connectivity index (χ2v) is 6.08. The van der Waals surface area contributed by atoms with Crippen LogP contribution in [-0.2, 0) is 4.74 Å². The topological polar surface area (TPSA) is 38.5 Å². The van der Waals surface area contributed by atoms with Crippen LogP contribution in [0.1, 0.15) is 52.4 Å². The number of hydrogen-bond acceptors (Lipinski definition) is 3. The van der Waals surface area contributed by atoms with Crippen LogP contribution in [0.4, 0.5) is 0 Å². The summed E-state index contributed by atoms with van der Waals surface area (Å²) in [5, 5.41) is 0. The summed E-state index contributed by atoms with van der Waals surface area (Å²) in [6.45, 7) is 7.88. The van der Waals surface area contributed by atoms with E-state index in [0.29, 0.717) is 18.1 Å². The molecule has 3 heteroatoms. The highest BCUT2D eigenvalue weighted by atomic mass is 16.5. The lowest BCUT2D eigenvalue weighted by atomic mass is 9.88. The molecule has 18 heavy (non-hydrogen) atoms. The van der Waals surface area contributed by atoms with Gasteiger partial charge in [0.05, 0.1) is 6.10 Å². The zero-order valence-corrected chi connectivity index (χ0v) is 12.1. The average Bonchev–Trinajstić information content (AvgIpc) is 2.40. The van der Waals surface area contributed by atoms with E-state index in [2.05, 4.69) is 18.7 Å². The Balaban J connectivity index is 1.86. The van der Waals surface area contributed by atoms with E-state index in [1.807, 2.05) is 0 Å². The van der Waals surface area contributed by atoms with E-state index in [-0.39, 0.29) is 0 Å². The van der Waals surface area contributed by atoms with Crippen molar-refractivity contribution in [3.63, 3.8) is 0 Å². The minimum atomic E-state index is 0.428. The minimum absolute atomic E-state index is 0.428. The van der Waals surface area contributed by atoms with Gasteiger partial charge < -0.3 is 10.5 Å². The molecule has 2 aliphatic heterocycles. The smallest absolute Gasteiger partial charge is 0.0590 e. The van der Waals surface area contributed by atoms with E-state index < -0.39 is 0 Å². The summed E-state index contributed by atoms with van der Waals surface area (Å²) in [5.41, 5.74) is 6.20. The van der Waals surface area contributed by atoms with Crippen LogP contribution in [0.3, 0.4) is 0 Å². The minimum Gasteiger partial charge on any atom is -0.378 e. The molecule has 2 fully saturated rings. The molecule has 0 aromatic heterocycles. The molecule has 0 spiro atoms. The van der Waals surface area contributed by atoms with Gasteiger partial charge in [0.15, 0.2) is 0 Å². The molecule has 2 aliphatic rings. The van der Waals surface area contributed by atoms with E-state index in [1.165, 1.54) is 51.6 Å². The Labute approximate surface area is 112 Å². The Morgan fingerprint density at radius 3 is 2.83 bits per heavy atom. The van der Waals surface area contributed by atoms with E-state index in [9.17, 15) is 0 Å². The van der Waals surface area contributed by atoms with Crippen LogP contribution in [0.5, 0.6) is 0 Å². The molecule has 3 nitrogen and oxygen atoms in total. The third-order valence-corrected chi connectivity index (χ3v) is 4.82. The van der Waals surface area contributed by atoms with Gasteiger partial charge in [-0.05, 0) is 38.1 Å². The predicted molar refractivity (Wildman–Crippen MR) is 75.6 cm³/mol. The van der Waals surface area contributed by atoms with Gasteiger partial charge in [-0.25, -0.2) is 0 Å². The fraction of sp³-hybridized carbons (Fsp3) is 1.00. The molecule has 2 rings (SSSR count). The van der Waals surface area contributed by atoms with Crippen LogP contribution in [0, 0.1) is 5.92 Å². The second-order valence-electron chi connectivity index (χ2n) is 6.08. The summed E-state index contributed by atoms with van der Waals surface area (Å²) in [6.07, 6.45) is 7.81. The van der Waals surface area contributed by atoms with E-state index in [0.717, 1.165) is 12.6 Å². The highest BCUT2D eigenvalue weighted by Gasteiger charge is 2.32. The van der Waals surface area contributed by atoms with Gasteiger partial charge in [-0.1, -0.05) is 26.7 Å². The lowest BCUT2D eigenvalue weighted by Crippen LogP contribution is -2.52. The first-order chi connectivity index (χ1) is 8.74. The molecule has 4 atom stereocenters. The Hall–Kier alpha value is -0.120. The highest BCUT2D eigenvalue weighted by molar-refractivity contribution is 4.87. The number of nitrogens with two attached hydrogens (primary N) is 1. The van der Waals surface area contributed by atoms with Gasteiger partial charge in [0.1, 0.15) is 0 Å². The number of likely N-dealkylation sites (tertiary alicyclic amines) is 1. The van der Waals surface area contributed by atoms with Gasteiger partial charge in [0.2, 0.25) is 0 Å². The molecule has 2 N–H and O–H groups in total. The normalized spacial score (nSPS) is 38.8. The highest BCUT2D eigenvalue weighted by Crippen LogP contribution is 2.27. The molecule has 0 aromatic carbocycles. The van der Waals surface area contributed by atoms with Crippen LogP contribution < -0.4 is 5.73 Å². The lowest BCUT2D eigenvalue weighted by Gasteiger charge is -2.43. The Kier molecular flexibility index (Phi) is 5.46. The second kappa shape index (κ2) is 6.88. The Morgan fingerprint density at radius 2 is 2.11 bits per heavy atom. The van der Waals surface area contributed by atoms with E-state index >= 15 is 0 Å². The maximum Gasteiger partial charge on any atom is 0.0590 e. The van der Waals surface area contributed by atoms with Crippen molar-refractivity contribution < 1.29 is 4.74 Å². The van der Waals surface area contributed by atoms with Crippen molar-refractivity contribution in [1.29, 1.82) is 0 Å². The van der Waals surface area contributed by atoms with Gasteiger partial charge in [-0.2, -0.15) is 0 Å². The molecular formula is C15H30N2O. The summed E-state index contributed by atoms with van der Waals surface area (Å²) < 4.78 is 5.86. The number of piperidine rings is 1. The van der Waals surface area contributed by atoms with E-state index in [4.69, 9.17) is 10.5 Å². The predicted octanol–water partition coefficient (Wildman–Crippen LogP) is 2.39. The first-order valence-corrected chi connectivity index (χ1v) is 7.85. The van der Waals surface area contributed by atoms with Gasteiger partial charge in [-0.3, -0.25) is 4.90 Å². The zero-order valence-electron chi connectivity index (χ0n) is 12.1. The lowest BCUT2D eigenvalue weighted by molar-refractivity contribution is -0.0403. The molecule has 0 amide bonds. The van der Waals surface area contributed by atoms with Crippen molar-refractivity contribution in [3.8, 4) is 0 Å². The summed E-state index contributed by atoms with van der Waals surface area (Å²) in [6, 6.07) is 1.18. The number of hydrogen-bond donors (Lipinski definition) is 1. The van der Waals surface area contributed by atoms with Gasteiger partial charge in [-0.15, -0.1) is 0 Å². The van der Waals surface area contributed by atoms with Crippen molar-refractivity contribution >= 4 is 0 Å². The van der Waals surface area contributed by atoms with Crippen molar-refractivity contribution in [2.24, 2.45) is 11.7 Å². The number of rotatable bonds is 4. The zero-order chi connectivity index (χ0) is 13.0. The monoisotopic (exact) mass is 254 g/mol. The third-order valence-electron chi connectivity index (χ3n) is 4.82. The maximum absolute atomic E-state index is 6.20. The van der Waals surface area contributed by atoms with Gasteiger partial charge in [0.25, 0.3) is 0 Å². The molecule has 0 aliphatic carbocycles. The van der Waals surface area contributed by atoms with Gasteiger partial charge in [0, 0.05) is 25.2 Å². The van der Waals surface area contributed by atoms with Crippen molar-refractivity contribution in [3.05, 3.63) is 0 Å². The molecule has 2 heterocycles. The number of ether oxygens (including phenoxy) is 1. The van der Waals surface area contributed by atoms with Crippen molar-refractivity contribution in [1.82, 2.24) is 4.90 Å².